The Hall–Kier alpha value is -1.99. The molecular formula is C15H21N3O4. The van der Waals surface area contributed by atoms with Crippen molar-refractivity contribution in [1.29, 1.82) is 0 Å². The average molecular weight is 307 g/mol. The van der Waals surface area contributed by atoms with Gasteiger partial charge < -0.3 is 24.4 Å². The molecule has 0 unspecified atom stereocenters. The first-order valence-corrected chi connectivity index (χ1v) is 7.43. The van der Waals surface area contributed by atoms with E-state index >= 15 is 0 Å². The van der Waals surface area contributed by atoms with Gasteiger partial charge in [-0.05, 0) is 12.1 Å². The summed E-state index contributed by atoms with van der Waals surface area (Å²) in [6, 6.07) is 5.33. The number of fused-ring (bicyclic) bond motifs is 1. The van der Waals surface area contributed by atoms with Crippen LogP contribution >= 0.6 is 0 Å². The van der Waals surface area contributed by atoms with Gasteiger partial charge in [-0.15, -0.1) is 0 Å². The van der Waals surface area contributed by atoms with E-state index < -0.39 is 0 Å². The Morgan fingerprint density at radius 2 is 2.00 bits per heavy atom. The van der Waals surface area contributed by atoms with Crippen LogP contribution in [0.2, 0.25) is 0 Å². The summed E-state index contributed by atoms with van der Waals surface area (Å²) in [6.07, 6.45) is 0. The van der Waals surface area contributed by atoms with E-state index in [0.717, 1.165) is 45.0 Å². The van der Waals surface area contributed by atoms with Gasteiger partial charge in [-0.1, -0.05) is 0 Å². The molecule has 3 rings (SSSR count). The number of carbonyl (C=O) groups is 1. The molecule has 1 fully saturated rings. The van der Waals surface area contributed by atoms with Gasteiger partial charge >= 0.3 is 6.03 Å². The number of rotatable bonds is 4. The lowest BCUT2D eigenvalue weighted by molar-refractivity contribution is 0.109. The molecule has 0 aromatic heterocycles. The SMILES string of the molecule is COCCN1CCN(C(=O)Nc2ccc3c(c2)OCO3)CC1. The van der Waals surface area contributed by atoms with E-state index in [1.165, 1.54) is 0 Å². The lowest BCUT2D eigenvalue weighted by atomic mass is 10.2. The zero-order valence-corrected chi connectivity index (χ0v) is 12.7. The average Bonchev–Trinajstić information content (AvgIpc) is 3.01. The Bertz CT molecular complexity index is 530. The third-order valence-corrected chi connectivity index (χ3v) is 3.89. The van der Waals surface area contributed by atoms with Crippen molar-refractivity contribution in [3.8, 4) is 11.5 Å². The Labute approximate surface area is 129 Å². The van der Waals surface area contributed by atoms with E-state index in [0.29, 0.717) is 11.5 Å². The molecule has 7 heteroatoms. The smallest absolute Gasteiger partial charge is 0.321 e. The van der Waals surface area contributed by atoms with E-state index in [2.05, 4.69) is 10.2 Å². The largest absolute Gasteiger partial charge is 0.454 e. The van der Waals surface area contributed by atoms with Gasteiger partial charge in [-0.2, -0.15) is 0 Å². The van der Waals surface area contributed by atoms with Crippen molar-refractivity contribution in [3.63, 3.8) is 0 Å². The molecule has 0 atom stereocenters. The molecule has 2 amide bonds. The number of ether oxygens (including phenoxy) is 3. The van der Waals surface area contributed by atoms with Crippen LogP contribution in [-0.2, 0) is 4.74 Å². The first-order chi connectivity index (χ1) is 10.8. The molecule has 0 saturated carbocycles. The van der Waals surface area contributed by atoms with E-state index in [1.807, 2.05) is 11.0 Å². The van der Waals surface area contributed by atoms with Crippen molar-refractivity contribution >= 4 is 11.7 Å². The van der Waals surface area contributed by atoms with Crippen LogP contribution in [0.3, 0.4) is 0 Å². The van der Waals surface area contributed by atoms with Crippen molar-refractivity contribution in [1.82, 2.24) is 9.80 Å². The summed E-state index contributed by atoms with van der Waals surface area (Å²) in [5.74, 6) is 1.38. The number of amides is 2. The fourth-order valence-corrected chi connectivity index (χ4v) is 2.57. The van der Waals surface area contributed by atoms with E-state index in [-0.39, 0.29) is 12.8 Å². The second-order valence-electron chi connectivity index (χ2n) is 5.32. The Morgan fingerprint density at radius 3 is 2.77 bits per heavy atom. The van der Waals surface area contributed by atoms with Gasteiger partial charge in [-0.25, -0.2) is 4.79 Å². The lowest BCUT2D eigenvalue weighted by Crippen LogP contribution is -2.50. The van der Waals surface area contributed by atoms with Crippen LogP contribution in [0, 0.1) is 0 Å². The summed E-state index contributed by atoms with van der Waals surface area (Å²) in [7, 11) is 1.70. The molecule has 1 N–H and O–H groups in total. The number of benzene rings is 1. The molecule has 120 valence electrons. The zero-order chi connectivity index (χ0) is 15.4. The Morgan fingerprint density at radius 1 is 1.23 bits per heavy atom. The quantitative estimate of drug-likeness (QED) is 0.906. The van der Waals surface area contributed by atoms with Crippen molar-refractivity contribution in [2.45, 2.75) is 0 Å². The van der Waals surface area contributed by atoms with Crippen LogP contribution in [0.25, 0.3) is 0 Å². The molecule has 1 saturated heterocycles. The van der Waals surface area contributed by atoms with Crippen LogP contribution in [0.15, 0.2) is 18.2 Å². The third-order valence-electron chi connectivity index (χ3n) is 3.89. The highest BCUT2D eigenvalue weighted by Crippen LogP contribution is 2.34. The highest BCUT2D eigenvalue weighted by atomic mass is 16.7. The molecule has 1 aromatic rings. The van der Waals surface area contributed by atoms with Crippen LogP contribution in [0.4, 0.5) is 10.5 Å². The predicted molar refractivity (Wildman–Crippen MR) is 81.5 cm³/mol. The number of carbonyl (C=O) groups excluding carboxylic acids is 1. The molecule has 0 spiro atoms. The molecule has 22 heavy (non-hydrogen) atoms. The number of piperazine rings is 1. The molecule has 2 heterocycles. The van der Waals surface area contributed by atoms with Gasteiger partial charge in [0.05, 0.1) is 6.61 Å². The maximum Gasteiger partial charge on any atom is 0.321 e. The van der Waals surface area contributed by atoms with Gasteiger partial charge in [0.25, 0.3) is 0 Å². The van der Waals surface area contributed by atoms with Gasteiger partial charge in [0.1, 0.15) is 0 Å². The molecule has 1 aromatic carbocycles. The fraction of sp³-hybridized carbons (Fsp3) is 0.533. The van der Waals surface area contributed by atoms with E-state index in [9.17, 15) is 4.79 Å². The number of hydrogen-bond acceptors (Lipinski definition) is 5. The summed E-state index contributed by atoms with van der Waals surface area (Å²) in [5.41, 5.74) is 0.719. The van der Waals surface area contributed by atoms with Crippen molar-refractivity contribution < 1.29 is 19.0 Å². The number of hydrogen-bond donors (Lipinski definition) is 1. The summed E-state index contributed by atoms with van der Waals surface area (Å²) >= 11 is 0. The van der Waals surface area contributed by atoms with E-state index in [1.54, 1.807) is 19.2 Å². The maximum atomic E-state index is 12.3. The minimum Gasteiger partial charge on any atom is -0.454 e. The first kappa shape index (κ1) is 14.9. The van der Waals surface area contributed by atoms with Crippen molar-refractivity contribution in [2.75, 3.05) is 58.6 Å². The zero-order valence-electron chi connectivity index (χ0n) is 12.7. The second-order valence-corrected chi connectivity index (χ2v) is 5.32. The molecule has 0 aliphatic carbocycles. The van der Waals surface area contributed by atoms with Crippen molar-refractivity contribution in [3.05, 3.63) is 18.2 Å². The standard InChI is InChI=1S/C15H21N3O4/c1-20-9-8-17-4-6-18(7-5-17)15(19)16-12-2-3-13-14(10-12)22-11-21-13/h2-3,10H,4-9,11H2,1H3,(H,16,19). The van der Waals surface area contributed by atoms with Gasteiger partial charge in [-0.3, -0.25) is 4.90 Å². The van der Waals surface area contributed by atoms with Crippen LogP contribution < -0.4 is 14.8 Å². The maximum absolute atomic E-state index is 12.3. The fourth-order valence-electron chi connectivity index (χ4n) is 2.57. The number of urea groups is 1. The predicted octanol–water partition coefficient (Wildman–Crippen LogP) is 1.21. The molecule has 2 aliphatic rings. The summed E-state index contributed by atoms with van der Waals surface area (Å²) in [5, 5.41) is 2.91. The third kappa shape index (κ3) is 3.42. The Balaban J connectivity index is 1.50. The van der Waals surface area contributed by atoms with Crippen LogP contribution in [0.5, 0.6) is 11.5 Å². The lowest BCUT2D eigenvalue weighted by Gasteiger charge is -2.34. The highest BCUT2D eigenvalue weighted by molar-refractivity contribution is 5.89. The minimum absolute atomic E-state index is 0.0785. The van der Waals surface area contributed by atoms with Crippen molar-refractivity contribution in [2.24, 2.45) is 0 Å². The number of nitrogens with one attached hydrogen (secondary N) is 1. The van der Waals surface area contributed by atoms with E-state index in [4.69, 9.17) is 14.2 Å². The molecule has 0 radical (unpaired) electrons. The van der Waals surface area contributed by atoms with Crippen LogP contribution in [0.1, 0.15) is 0 Å². The number of anilines is 1. The number of nitrogens with zero attached hydrogens (tertiary/aromatic N) is 2. The molecule has 7 nitrogen and oxygen atoms in total. The van der Waals surface area contributed by atoms with Gasteiger partial charge in [0, 0.05) is 51.6 Å². The van der Waals surface area contributed by atoms with Crippen LogP contribution in [-0.4, -0.2) is 69.1 Å². The highest BCUT2D eigenvalue weighted by Gasteiger charge is 2.21. The topological polar surface area (TPSA) is 63.3 Å². The summed E-state index contributed by atoms with van der Waals surface area (Å²) in [4.78, 5) is 16.4. The molecule has 2 aliphatic heterocycles. The minimum atomic E-state index is -0.0785. The second kappa shape index (κ2) is 6.85. The van der Waals surface area contributed by atoms with Gasteiger partial charge in [0.15, 0.2) is 11.5 Å². The molecular weight excluding hydrogens is 286 g/mol. The normalized spacial score (nSPS) is 17.6. The Kier molecular flexibility index (Phi) is 4.65. The summed E-state index contributed by atoms with van der Waals surface area (Å²) < 4.78 is 15.6. The first-order valence-electron chi connectivity index (χ1n) is 7.43. The molecule has 0 bridgehead atoms. The van der Waals surface area contributed by atoms with Gasteiger partial charge in [0.2, 0.25) is 6.79 Å². The monoisotopic (exact) mass is 307 g/mol. The summed E-state index contributed by atoms with van der Waals surface area (Å²) in [6.45, 7) is 5.06. The number of methoxy groups -OCH3 is 1.